The number of hydrogen-bond acceptors (Lipinski definition) is 4. The molecule has 1 atom stereocenters. The van der Waals surface area contributed by atoms with Gasteiger partial charge in [-0.1, -0.05) is 24.3 Å². The molecule has 0 radical (unpaired) electrons. The molecule has 31 heavy (non-hydrogen) atoms. The van der Waals surface area contributed by atoms with Crippen molar-refractivity contribution in [3.8, 4) is 5.75 Å². The lowest BCUT2D eigenvalue weighted by Gasteiger charge is -2.35. The van der Waals surface area contributed by atoms with Gasteiger partial charge in [0.05, 0.1) is 6.54 Å². The highest BCUT2D eigenvalue weighted by molar-refractivity contribution is 5.95. The summed E-state index contributed by atoms with van der Waals surface area (Å²) in [6.45, 7) is 11.2. The summed E-state index contributed by atoms with van der Waals surface area (Å²) in [5.74, 6) is 0.607. The van der Waals surface area contributed by atoms with Crippen LogP contribution in [0.3, 0.4) is 0 Å². The van der Waals surface area contributed by atoms with Crippen molar-refractivity contribution in [3.63, 3.8) is 0 Å². The average Bonchev–Trinajstić information content (AvgIpc) is 3.01. The number of para-hydroxylation sites is 1. The van der Waals surface area contributed by atoms with Gasteiger partial charge in [0.25, 0.3) is 11.5 Å². The highest BCUT2D eigenvalue weighted by Crippen LogP contribution is 2.36. The second-order valence-corrected chi connectivity index (χ2v) is 8.84. The first-order chi connectivity index (χ1) is 14.9. The summed E-state index contributed by atoms with van der Waals surface area (Å²) in [5, 5.41) is 0. The normalized spacial score (nSPS) is 21.7. The van der Waals surface area contributed by atoms with Gasteiger partial charge in [0.2, 0.25) is 0 Å². The molecule has 2 aliphatic heterocycles. The van der Waals surface area contributed by atoms with E-state index in [0.717, 1.165) is 55.9 Å². The van der Waals surface area contributed by atoms with E-state index in [1.807, 2.05) is 55.2 Å². The first kappa shape index (κ1) is 21.4. The lowest BCUT2D eigenvalue weighted by Crippen LogP contribution is -2.49. The predicted molar refractivity (Wildman–Crippen MR) is 122 cm³/mol. The highest BCUT2D eigenvalue weighted by Gasteiger charge is 2.41. The molecule has 1 saturated heterocycles. The molecule has 2 aromatic rings. The van der Waals surface area contributed by atoms with Crippen LogP contribution in [-0.4, -0.2) is 52.5 Å². The maximum atomic E-state index is 13.6. The van der Waals surface area contributed by atoms with Gasteiger partial charge in [0, 0.05) is 37.3 Å². The van der Waals surface area contributed by atoms with E-state index in [0.29, 0.717) is 18.7 Å². The number of likely N-dealkylation sites (tertiary alicyclic amines) is 1. The second-order valence-electron chi connectivity index (χ2n) is 8.84. The van der Waals surface area contributed by atoms with Crippen LogP contribution < -0.4 is 10.3 Å². The van der Waals surface area contributed by atoms with E-state index >= 15 is 0 Å². The van der Waals surface area contributed by atoms with E-state index < -0.39 is 5.60 Å². The maximum absolute atomic E-state index is 13.6. The van der Waals surface area contributed by atoms with Gasteiger partial charge in [-0.3, -0.25) is 14.5 Å². The van der Waals surface area contributed by atoms with Gasteiger partial charge in [-0.2, -0.15) is 0 Å². The van der Waals surface area contributed by atoms with Crippen LogP contribution in [0, 0.1) is 13.8 Å². The van der Waals surface area contributed by atoms with Crippen molar-refractivity contribution in [1.82, 2.24) is 14.8 Å². The van der Waals surface area contributed by atoms with E-state index in [9.17, 15) is 9.59 Å². The Morgan fingerprint density at radius 2 is 2.06 bits per heavy atom. The number of hydrogen-bond donors (Lipinski definition) is 1. The smallest absolute Gasteiger partial charge is 0.261 e. The van der Waals surface area contributed by atoms with E-state index in [1.54, 1.807) is 0 Å². The van der Waals surface area contributed by atoms with Crippen LogP contribution in [0.1, 0.15) is 46.4 Å². The molecule has 0 bridgehead atoms. The minimum atomic E-state index is -0.469. The standard InChI is InChI=1S/C25H31N3O3/c1-4-12-27-13-7-10-25(11-14-27)17-28(16-20-8-5-6-9-21(20)31-25)24(30)22-18(2)15-19(3)26-23(22)29/h4-6,8-9,15H,1,7,10-14,16-17H2,2-3H3,(H,26,29)/t25-/m1/s1. The SMILES string of the molecule is C=CCN1CCC[C@@]2(CC1)CN(C(=O)c1c(C)cc(C)[nH]c1=O)Cc1ccccc1O2. The van der Waals surface area contributed by atoms with Crippen molar-refractivity contribution in [2.75, 3.05) is 26.2 Å². The number of aryl methyl sites for hydroxylation is 2. The van der Waals surface area contributed by atoms with Crippen LogP contribution in [-0.2, 0) is 6.54 Å². The van der Waals surface area contributed by atoms with Gasteiger partial charge in [-0.05, 0) is 50.9 Å². The topological polar surface area (TPSA) is 65.6 Å². The molecule has 4 rings (SSSR count). The minimum absolute atomic E-state index is 0.224. The molecule has 0 saturated carbocycles. The lowest BCUT2D eigenvalue weighted by molar-refractivity contribution is 0.0217. The molecule has 1 aromatic heterocycles. The number of carbonyl (C=O) groups is 1. The highest BCUT2D eigenvalue weighted by atomic mass is 16.5. The van der Waals surface area contributed by atoms with Gasteiger partial charge >= 0.3 is 0 Å². The molecule has 164 valence electrons. The zero-order valence-electron chi connectivity index (χ0n) is 18.4. The van der Waals surface area contributed by atoms with Crippen LogP contribution >= 0.6 is 0 Å². The fourth-order valence-electron chi connectivity index (χ4n) is 4.88. The number of pyridine rings is 1. The Bertz CT molecular complexity index is 1040. The number of ether oxygens (including phenoxy) is 1. The van der Waals surface area contributed by atoms with Crippen molar-refractivity contribution >= 4 is 5.91 Å². The molecule has 0 aliphatic carbocycles. The zero-order chi connectivity index (χ0) is 22.0. The number of H-pyrrole nitrogens is 1. The molecule has 2 aliphatic rings. The van der Waals surface area contributed by atoms with Gasteiger partial charge < -0.3 is 14.6 Å². The number of nitrogens with one attached hydrogen (secondary N) is 1. The summed E-state index contributed by atoms with van der Waals surface area (Å²) in [4.78, 5) is 33.3. The van der Waals surface area contributed by atoms with Crippen molar-refractivity contribution in [2.45, 2.75) is 45.3 Å². The van der Waals surface area contributed by atoms with Crippen molar-refractivity contribution < 1.29 is 9.53 Å². The average molecular weight is 422 g/mol. The summed E-state index contributed by atoms with van der Waals surface area (Å²) >= 11 is 0. The third kappa shape index (κ3) is 4.44. The van der Waals surface area contributed by atoms with Crippen molar-refractivity contribution in [2.24, 2.45) is 0 Å². The number of aromatic nitrogens is 1. The summed E-state index contributed by atoms with van der Waals surface area (Å²) in [5.41, 5.74) is 1.86. The van der Waals surface area contributed by atoms with Gasteiger partial charge in [-0.15, -0.1) is 6.58 Å². The van der Waals surface area contributed by atoms with Crippen molar-refractivity contribution in [1.29, 1.82) is 0 Å². The molecule has 0 unspecified atom stereocenters. The Morgan fingerprint density at radius 1 is 1.26 bits per heavy atom. The van der Waals surface area contributed by atoms with Gasteiger partial charge in [-0.25, -0.2) is 0 Å². The van der Waals surface area contributed by atoms with Crippen LogP contribution in [0.15, 0.2) is 47.8 Å². The largest absolute Gasteiger partial charge is 0.485 e. The molecule has 6 nitrogen and oxygen atoms in total. The Hall–Kier alpha value is -2.86. The van der Waals surface area contributed by atoms with Crippen LogP contribution in [0.4, 0.5) is 0 Å². The zero-order valence-corrected chi connectivity index (χ0v) is 18.4. The van der Waals surface area contributed by atoms with Crippen molar-refractivity contribution in [3.05, 3.63) is 75.7 Å². The van der Waals surface area contributed by atoms with Gasteiger partial charge in [0.1, 0.15) is 16.9 Å². The van der Waals surface area contributed by atoms with Gasteiger partial charge in [0.15, 0.2) is 0 Å². The fourth-order valence-corrected chi connectivity index (χ4v) is 4.88. The van der Waals surface area contributed by atoms with E-state index in [1.165, 1.54) is 0 Å². The lowest BCUT2D eigenvalue weighted by atomic mass is 9.93. The number of nitrogens with zero attached hydrogens (tertiary/aromatic N) is 2. The molecule has 1 N–H and O–H groups in total. The number of carbonyl (C=O) groups excluding carboxylic acids is 1. The number of amides is 1. The molecule has 3 heterocycles. The number of fused-ring (bicyclic) bond motifs is 1. The predicted octanol–water partition coefficient (Wildman–Crippen LogP) is 3.44. The van der Waals surface area contributed by atoms with Crippen LogP contribution in [0.25, 0.3) is 0 Å². The van der Waals surface area contributed by atoms with E-state index in [4.69, 9.17) is 4.74 Å². The summed E-state index contributed by atoms with van der Waals surface area (Å²) < 4.78 is 6.66. The van der Waals surface area contributed by atoms with Crippen LogP contribution in [0.5, 0.6) is 5.75 Å². The third-order valence-corrected chi connectivity index (χ3v) is 6.38. The third-order valence-electron chi connectivity index (χ3n) is 6.38. The Morgan fingerprint density at radius 3 is 2.84 bits per heavy atom. The molecule has 1 amide bonds. The molecule has 1 fully saturated rings. The maximum Gasteiger partial charge on any atom is 0.261 e. The second kappa shape index (κ2) is 8.71. The minimum Gasteiger partial charge on any atom is -0.485 e. The fraction of sp³-hybridized carbons (Fsp3) is 0.440. The van der Waals surface area contributed by atoms with Crippen LogP contribution in [0.2, 0.25) is 0 Å². The summed E-state index contributed by atoms with van der Waals surface area (Å²) in [7, 11) is 0. The first-order valence-electron chi connectivity index (χ1n) is 11.0. The summed E-state index contributed by atoms with van der Waals surface area (Å²) in [6, 6.07) is 9.78. The number of benzene rings is 1. The monoisotopic (exact) mass is 421 g/mol. The Labute approximate surface area is 183 Å². The quantitative estimate of drug-likeness (QED) is 0.771. The molecule has 1 aromatic carbocycles. The Balaban J connectivity index is 1.71. The molecule has 1 spiro atoms. The molecular formula is C25H31N3O3. The first-order valence-corrected chi connectivity index (χ1v) is 11.0. The summed E-state index contributed by atoms with van der Waals surface area (Å²) in [6.07, 6.45) is 4.61. The Kier molecular flexibility index (Phi) is 6.01. The molecular weight excluding hydrogens is 390 g/mol. The number of aromatic amines is 1. The van der Waals surface area contributed by atoms with E-state index in [-0.39, 0.29) is 17.0 Å². The number of rotatable bonds is 3. The molecule has 6 heteroatoms. The van der Waals surface area contributed by atoms with E-state index in [2.05, 4.69) is 16.5 Å².